The summed E-state index contributed by atoms with van der Waals surface area (Å²) in [4.78, 5) is 16.2. The molecule has 0 aromatic heterocycles. The zero-order chi connectivity index (χ0) is 23.0. The van der Waals surface area contributed by atoms with Crippen LogP contribution in [0.5, 0.6) is 0 Å². The van der Waals surface area contributed by atoms with Gasteiger partial charge in [0.05, 0.1) is 17.8 Å². The molecule has 0 spiro atoms. The van der Waals surface area contributed by atoms with Gasteiger partial charge >= 0.3 is 6.18 Å². The highest BCUT2D eigenvalue weighted by atomic mass is 32.1. The van der Waals surface area contributed by atoms with Crippen LogP contribution >= 0.6 is 12.2 Å². The number of benzene rings is 2. The summed E-state index contributed by atoms with van der Waals surface area (Å²) in [5, 5.41) is 5.96. The van der Waals surface area contributed by atoms with E-state index in [1.165, 1.54) is 17.7 Å². The van der Waals surface area contributed by atoms with Crippen LogP contribution in [0.15, 0.2) is 54.6 Å². The molecular weight excluding hydrogens is 437 g/mol. The number of anilines is 1. The van der Waals surface area contributed by atoms with Crippen molar-refractivity contribution in [2.45, 2.75) is 19.0 Å². The molecule has 0 atom stereocenters. The minimum absolute atomic E-state index is 0.0332. The molecule has 3 rings (SSSR count). The van der Waals surface area contributed by atoms with Gasteiger partial charge in [-0.25, -0.2) is 0 Å². The van der Waals surface area contributed by atoms with Gasteiger partial charge in [-0.1, -0.05) is 42.5 Å². The van der Waals surface area contributed by atoms with Crippen molar-refractivity contribution in [1.29, 1.82) is 0 Å². The van der Waals surface area contributed by atoms with E-state index >= 15 is 0 Å². The molecule has 0 saturated carbocycles. The molecule has 1 fully saturated rings. The molecule has 0 radical (unpaired) electrons. The molecule has 1 saturated heterocycles. The van der Waals surface area contributed by atoms with Crippen molar-refractivity contribution in [2.24, 2.45) is 0 Å². The van der Waals surface area contributed by atoms with E-state index in [1.54, 1.807) is 6.07 Å². The van der Waals surface area contributed by atoms with E-state index in [4.69, 9.17) is 12.2 Å². The molecule has 0 unspecified atom stereocenters. The Labute approximate surface area is 191 Å². The largest absolute Gasteiger partial charge is 0.418 e. The third-order valence-corrected chi connectivity index (χ3v) is 5.66. The first-order chi connectivity index (χ1) is 15.3. The Morgan fingerprint density at radius 1 is 0.969 bits per heavy atom. The van der Waals surface area contributed by atoms with Gasteiger partial charge in [0.25, 0.3) is 0 Å². The van der Waals surface area contributed by atoms with Crippen molar-refractivity contribution in [3.8, 4) is 0 Å². The molecule has 1 amide bonds. The molecule has 2 aromatic carbocycles. The second-order valence-corrected chi connectivity index (χ2v) is 8.06. The predicted molar refractivity (Wildman–Crippen MR) is 123 cm³/mol. The lowest BCUT2D eigenvalue weighted by Gasteiger charge is -2.25. The molecular formula is C23H27F3N4OS. The van der Waals surface area contributed by atoms with E-state index < -0.39 is 11.7 Å². The maximum absolute atomic E-state index is 13.2. The zero-order valence-electron chi connectivity index (χ0n) is 17.7. The summed E-state index contributed by atoms with van der Waals surface area (Å²) >= 11 is 5.38. The van der Waals surface area contributed by atoms with Crippen molar-refractivity contribution in [2.75, 3.05) is 44.6 Å². The average molecular weight is 465 g/mol. The Hall–Kier alpha value is -2.65. The number of nitrogens with zero attached hydrogens (tertiary/aromatic N) is 2. The molecule has 2 aromatic rings. The van der Waals surface area contributed by atoms with Crippen LogP contribution in [-0.4, -0.2) is 60.1 Å². The number of nitrogens with one attached hydrogen (secondary N) is 2. The first-order valence-electron chi connectivity index (χ1n) is 10.6. The van der Waals surface area contributed by atoms with E-state index in [-0.39, 0.29) is 16.7 Å². The second-order valence-electron chi connectivity index (χ2n) is 7.68. The molecule has 9 heteroatoms. The minimum Gasteiger partial charge on any atom is -0.355 e. The fourth-order valence-electron chi connectivity index (χ4n) is 3.62. The molecule has 0 bridgehead atoms. The number of hydrogen-bond acceptors (Lipinski definition) is 3. The lowest BCUT2D eigenvalue weighted by atomic mass is 10.1. The number of carbonyl (C=O) groups excluding carboxylic acids is 1. The van der Waals surface area contributed by atoms with Crippen LogP contribution in [0.1, 0.15) is 17.5 Å². The van der Waals surface area contributed by atoms with Gasteiger partial charge in [-0.3, -0.25) is 9.69 Å². The van der Waals surface area contributed by atoms with Crippen molar-refractivity contribution < 1.29 is 18.0 Å². The topological polar surface area (TPSA) is 47.6 Å². The van der Waals surface area contributed by atoms with Crippen LogP contribution < -0.4 is 10.6 Å². The van der Waals surface area contributed by atoms with Crippen LogP contribution in [0.3, 0.4) is 0 Å². The van der Waals surface area contributed by atoms with Crippen LogP contribution in [0.4, 0.5) is 18.9 Å². The summed E-state index contributed by atoms with van der Waals surface area (Å²) in [6.07, 6.45) is -2.91. The molecule has 172 valence electrons. The second kappa shape index (κ2) is 11.3. The van der Waals surface area contributed by atoms with E-state index in [0.717, 1.165) is 25.5 Å². The fourth-order valence-corrected chi connectivity index (χ4v) is 3.91. The molecule has 1 aliphatic heterocycles. The molecule has 32 heavy (non-hydrogen) atoms. The number of carbonyl (C=O) groups is 1. The van der Waals surface area contributed by atoms with E-state index in [1.807, 2.05) is 40.1 Å². The summed E-state index contributed by atoms with van der Waals surface area (Å²) in [5.74, 6) is -0.0332. The third-order valence-electron chi connectivity index (χ3n) is 5.30. The van der Waals surface area contributed by atoms with Crippen LogP contribution in [0, 0.1) is 0 Å². The van der Waals surface area contributed by atoms with Crippen molar-refractivity contribution in [3.63, 3.8) is 0 Å². The van der Waals surface area contributed by atoms with Gasteiger partial charge in [-0.15, -0.1) is 0 Å². The normalized spacial score (nSPS) is 15.2. The van der Waals surface area contributed by atoms with Gasteiger partial charge < -0.3 is 15.5 Å². The first-order valence-corrected chi connectivity index (χ1v) is 11.0. The SMILES string of the molecule is O=C(CN1CCCN(C(=S)Nc2ccccc2C(F)(F)F)CC1)NCCc1ccccc1. The van der Waals surface area contributed by atoms with Crippen molar-refractivity contribution >= 4 is 28.9 Å². The van der Waals surface area contributed by atoms with Gasteiger partial charge in [-0.2, -0.15) is 13.2 Å². The van der Waals surface area contributed by atoms with E-state index in [2.05, 4.69) is 10.6 Å². The standard InChI is InChI=1S/C23H27F3N4OS/c24-23(25,26)19-9-4-5-10-20(19)28-22(32)30-14-6-13-29(15-16-30)17-21(31)27-12-11-18-7-2-1-3-8-18/h1-5,7-10H,6,11-17H2,(H,27,31)(H,28,32). The predicted octanol–water partition coefficient (Wildman–Crippen LogP) is 3.77. The Morgan fingerprint density at radius 3 is 2.44 bits per heavy atom. The Kier molecular flexibility index (Phi) is 8.46. The minimum atomic E-state index is -4.46. The van der Waals surface area contributed by atoms with Crippen molar-refractivity contribution in [3.05, 3.63) is 65.7 Å². The molecule has 1 heterocycles. The first kappa shape index (κ1) is 24.0. The molecule has 1 aliphatic rings. The number of amides is 1. The summed E-state index contributed by atoms with van der Waals surface area (Å²) in [6.45, 7) is 3.36. The average Bonchev–Trinajstić information content (AvgIpc) is 3.00. The summed E-state index contributed by atoms with van der Waals surface area (Å²) in [6, 6.07) is 15.3. The Balaban J connectivity index is 1.45. The van der Waals surface area contributed by atoms with Crippen molar-refractivity contribution in [1.82, 2.24) is 15.1 Å². The fraction of sp³-hybridized carbons (Fsp3) is 0.391. The van der Waals surface area contributed by atoms with Gasteiger partial charge in [-0.05, 0) is 42.8 Å². The lowest BCUT2D eigenvalue weighted by molar-refractivity contribution is -0.137. The smallest absolute Gasteiger partial charge is 0.355 e. The van der Waals surface area contributed by atoms with Gasteiger partial charge in [0, 0.05) is 32.7 Å². The molecule has 5 nitrogen and oxygen atoms in total. The zero-order valence-corrected chi connectivity index (χ0v) is 18.5. The van der Waals surface area contributed by atoms with Gasteiger partial charge in [0.1, 0.15) is 0 Å². The highest BCUT2D eigenvalue weighted by Crippen LogP contribution is 2.34. The summed E-state index contributed by atoms with van der Waals surface area (Å²) in [5.41, 5.74) is 0.376. The highest BCUT2D eigenvalue weighted by Gasteiger charge is 2.33. The Morgan fingerprint density at radius 2 is 1.69 bits per heavy atom. The van der Waals surface area contributed by atoms with Crippen LogP contribution in [0.2, 0.25) is 0 Å². The third kappa shape index (κ3) is 7.20. The molecule has 0 aliphatic carbocycles. The lowest BCUT2D eigenvalue weighted by Crippen LogP contribution is -2.41. The van der Waals surface area contributed by atoms with Gasteiger partial charge in [0.2, 0.25) is 5.91 Å². The maximum Gasteiger partial charge on any atom is 0.418 e. The number of hydrogen-bond donors (Lipinski definition) is 2. The summed E-state index contributed by atoms with van der Waals surface area (Å²) < 4.78 is 39.7. The summed E-state index contributed by atoms with van der Waals surface area (Å²) in [7, 11) is 0. The quantitative estimate of drug-likeness (QED) is 0.638. The van der Waals surface area contributed by atoms with Crippen LogP contribution in [-0.2, 0) is 17.4 Å². The van der Waals surface area contributed by atoms with E-state index in [0.29, 0.717) is 32.7 Å². The monoisotopic (exact) mass is 464 g/mol. The number of rotatable bonds is 6. The van der Waals surface area contributed by atoms with E-state index in [9.17, 15) is 18.0 Å². The number of thiocarbonyl (C=S) groups is 1. The Bertz CT molecular complexity index is 908. The van der Waals surface area contributed by atoms with Gasteiger partial charge in [0.15, 0.2) is 5.11 Å². The number of halogens is 3. The number of alkyl halides is 3. The number of para-hydroxylation sites is 1. The maximum atomic E-state index is 13.2. The highest BCUT2D eigenvalue weighted by molar-refractivity contribution is 7.80. The molecule has 2 N–H and O–H groups in total. The van der Waals surface area contributed by atoms with Crippen LogP contribution in [0.25, 0.3) is 0 Å².